The first-order valence-electron chi connectivity index (χ1n) is 12.5. The molecule has 0 unspecified atom stereocenters. The van der Waals surface area contributed by atoms with Crippen LogP contribution in [0.3, 0.4) is 0 Å². The second-order valence-corrected chi connectivity index (χ2v) is 8.95. The second-order valence-electron chi connectivity index (χ2n) is 8.95. The Kier molecular flexibility index (Phi) is 10.6. The molecule has 39 heavy (non-hydrogen) atoms. The molecule has 2 aromatic carbocycles. The summed E-state index contributed by atoms with van der Waals surface area (Å²) >= 11 is 0. The van der Waals surface area contributed by atoms with Crippen molar-refractivity contribution in [2.24, 2.45) is 0 Å². The molecule has 1 heterocycles. The van der Waals surface area contributed by atoms with Crippen molar-refractivity contribution in [1.82, 2.24) is 10.6 Å². The third-order valence-electron chi connectivity index (χ3n) is 5.85. The highest BCUT2D eigenvalue weighted by atomic mass is 16.5. The van der Waals surface area contributed by atoms with Crippen LogP contribution in [0.4, 0.5) is 10.5 Å². The van der Waals surface area contributed by atoms with Gasteiger partial charge in [0.25, 0.3) is 0 Å². The van der Waals surface area contributed by atoms with E-state index in [2.05, 4.69) is 16.0 Å². The third-order valence-corrected chi connectivity index (χ3v) is 5.85. The van der Waals surface area contributed by atoms with Crippen LogP contribution in [0.15, 0.2) is 63.8 Å². The van der Waals surface area contributed by atoms with Crippen molar-refractivity contribution in [3.8, 4) is 0 Å². The fourth-order valence-corrected chi connectivity index (χ4v) is 3.82. The van der Waals surface area contributed by atoms with Gasteiger partial charge in [-0.05, 0) is 49.4 Å². The Bertz CT molecular complexity index is 1370. The summed E-state index contributed by atoms with van der Waals surface area (Å²) in [5.74, 6) is -1.91. The summed E-state index contributed by atoms with van der Waals surface area (Å²) in [7, 11) is 0. The molecule has 0 aliphatic rings. The maximum absolute atomic E-state index is 13.1. The Hall–Kier alpha value is -4.67. The summed E-state index contributed by atoms with van der Waals surface area (Å²) in [6.07, 6.45) is 0.104. The van der Waals surface area contributed by atoms with Crippen molar-refractivity contribution in [3.05, 3.63) is 76.1 Å². The topological polar surface area (TPSA) is 164 Å². The smallest absolute Gasteiger partial charge is 0.408 e. The zero-order valence-electron chi connectivity index (χ0n) is 21.5. The molecule has 0 spiro atoms. The van der Waals surface area contributed by atoms with E-state index < -0.39 is 29.6 Å². The van der Waals surface area contributed by atoms with Gasteiger partial charge in [-0.2, -0.15) is 0 Å². The summed E-state index contributed by atoms with van der Waals surface area (Å²) in [5.41, 5.74) is 1.74. The van der Waals surface area contributed by atoms with Gasteiger partial charge in [0.1, 0.15) is 18.2 Å². The Balaban J connectivity index is 1.60. The van der Waals surface area contributed by atoms with Crippen molar-refractivity contribution in [3.63, 3.8) is 0 Å². The molecule has 11 nitrogen and oxygen atoms in total. The van der Waals surface area contributed by atoms with Crippen molar-refractivity contribution in [2.75, 3.05) is 11.9 Å². The molecule has 0 aliphatic carbocycles. The second kappa shape index (κ2) is 14.3. The van der Waals surface area contributed by atoms with E-state index in [1.165, 1.54) is 6.07 Å². The maximum atomic E-state index is 13.1. The lowest BCUT2D eigenvalue weighted by molar-refractivity contribution is -0.138. The highest BCUT2D eigenvalue weighted by Gasteiger charge is 2.22. The maximum Gasteiger partial charge on any atom is 0.408 e. The highest BCUT2D eigenvalue weighted by molar-refractivity contribution is 5.98. The standard InChI is InChI=1S/C28H31N3O8/c1-18-15-26(35)39-23-16-20(10-11-21(18)23)30-27(36)22(9-5-6-14-29-24(32)12-13-25(33)34)31-28(37)38-17-19-7-3-2-4-8-19/h2-4,7-8,10-11,15-16,22H,5-6,9,12-14,17H2,1H3,(H,29,32)(H,30,36)(H,31,37)(H,33,34)/t22-/m0/s1. The number of hydrogen-bond donors (Lipinski definition) is 4. The third kappa shape index (κ3) is 9.62. The first-order chi connectivity index (χ1) is 18.7. The number of aliphatic carboxylic acids is 1. The van der Waals surface area contributed by atoms with Crippen LogP contribution in [0, 0.1) is 6.92 Å². The Morgan fingerprint density at radius 3 is 2.51 bits per heavy atom. The van der Waals surface area contributed by atoms with Crippen molar-refractivity contribution >= 4 is 40.5 Å². The first kappa shape index (κ1) is 28.9. The van der Waals surface area contributed by atoms with Crippen molar-refractivity contribution in [2.45, 2.75) is 51.7 Å². The number of amides is 3. The number of hydrogen-bond acceptors (Lipinski definition) is 7. The van der Waals surface area contributed by atoms with Gasteiger partial charge in [-0.25, -0.2) is 9.59 Å². The molecule has 1 aromatic heterocycles. The molecule has 0 radical (unpaired) electrons. The number of aryl methyl sites for hydroxylation is 1. The Labute approximate surface area is 224 Å². The SMILES string of the molecule is Cc1cc(=O)oc2cc(NC(=O)[C@H](CCCCNC(=O)CCC(=O)O)NC(=O)OCc3ccccc3)ccc12. The Morgan fingerprint density at radius 2 is 1.77 bits per heavy atom. The van der Waals surface area contributed by atoms with E-state index in [-0.39, 0.29) is 31.8 Å². The molecular formula is C28H31N3O8. The summed E-state index contributed by atoms with van der Waals surface area (Å²) in [5, 5.41) is 17.4. The van der Waals surface area contributed by atoms with E-state index in [1.54, 1.807) is 25.1 Å². The molecule has 1 atom stereocenters. The number of ether oxygens (including phenoxy) is 1. The van der Waals surface area contributed by atoms with Gasteiger partial charge in [-0.15, -0.1) is 0 Å². The molecule has 0 saturated heterocycles. The minimum atomic E-state index is -1.05. The molecular weight excluding hydrogens is 506 g/mol. The van der Waals surface area contributed by atoms with Gasteiger partial charge in [0.15, 0.2) is 0 Å². The molecule has 0 aliphatic heterocycles. The van der Waals surface area contributed by atoms with Crippen LogP contribution in [0.1, 0.15) is 43.2 Å². The number of fused-ring (bicyclic) bond motifs is 1. The van der Waals surface area contributed by atoms with Gasteiger partial charge in [-0.3, -0.25) is 14.4 Å². The number of carbonyl (C=O) groups excluding carboxylic acids is 3. The number of benzene rings is 2. The number of unbranched alkanes of at least 4 members (excludes halogenated alkanes) is 1. The van der Waals surface area contributed by atoms with E-state index in [4.69, 9.17) is 14.3 Å². The predicted molar refractivity (Wildman–Crippen MR) is 143 cm³/mol. The molecule has 206 valence electrons. The largest absolute Gasteiger partial charge is 0.481 e. The van der Waals surface area contributed by atoms with Crippen LogP contribution in [0.25, 0.3) is 11.0 Å². The van der Waals surface area contributed by atoms with Crippen LogP contribution in [-0.4, -0.2) is 41.6 Å². The van der Waals surface area contributed by atoms with Gasteiger partial charge in [-0.1, -0.05) is 30.3 Å². The van der Waals surface area contributed by atoms with Crippen molar-refractivity contribution < 1.29 is 33.4 Å². The number of carboxylic acid groups (broad SMARTS) is 1. The van der Waals surface area contributed by atoms with Crippen LogP contribution in [0.5, 0.6) is 0 Å². The Morgan fingerprint density at radius 1 is 1.00 bits per heavy atom. The normalized spacial score (nSPS) is 11.4. The number of anilines is 1. The molecule has 0 bridgehead atoms. The molecule has 0 fully saturated rings. The lowest BCUT2D eigenvalue weighted by Crippen LogP contribution is -2.44. The van der Waals surface area contributed by atoms with Crippen LogP contribution < -0.4 is 21.6 Å². The van der Waals surface area contributed by atoms with E-state index >= 15 is 0 Å². The van der Waals surface area contributed by atoms with Crippen LogP contribution in [-0.2, 0) is 25.7 Å². The molecule has 3 amide bonds. The first-order valence-corrected chi connectivity index (χ1v) is 12.5. The van der Waals surface area contributed by atoms with E-state index in [1.807, 2.05) is 30.3 Å². The predicted octanol–water partition coefficient (Wildman–Crippen LogP) is 3.49. The van der Waals surface area contributed by atoms with Crippen LogP contribution in [0.2, 0.25) is 0 Å². The average molecular weight is 538 g/mol. The highest BCUT2D eigenvalue weighted by Crippen LogP contribution is 2.21. The quantitative estimate of drug-likeness (QED) is 0.190. The van der Waals surface area contributed by atoms with Crippen molar-refractivity contribution in [1.29, 1.82) is 0 Å². The monoisotopic (exact) mass is 537 g/mol. The summed E-state index contributed by atoms with van der Waals surface area (Å²) in [4.78, 5) is 59.6. The molecule has 11 heteroatoms. The van der Waals surface area contributed by atoms with E-state index in [9.17, 15) is 24.0 Å². The minimum absolute atomic E-state index is 0.0342. The van der Waals surface area contributed by atoms with Gasteiger partial charge in [0.05, 0.1) is 6.42 Å². The zero-order chi connectivity index (χ0) is 28.2. The zero-order valence-corrected chi connectivity index (χ0v) is 21.5. The minimum Gasteiger partial charge on any atom is -0.481 e. The van der Waals surface area contributed by atoms with Gasteiger partial charge in [0.2, 0.25) is 11.8 Å². The van der Waals surface area contributed by atoms with Crippen LogP contribution >= 0.6 is 0 Å². The summed E-state index contributed by atoms with van der Waals surface area (Å²) < 4.78 is 10.5. The van der Waals surface area contributed by atoms with Gasteiger partial charge in [0, 0.05) is 36.2 Å². The fraction of sp³-hybridized carbons (Fsp3) is 0.321. The number of carboxylic acids is 1. The molecule has 0 saturated carbocycles. The van der Waals surface area contributed by atoms with Gasteiger partial charge < -0.3 is 30.2 Å². The molecule has 4 N–H and O–H groups in total. The molecule has 3 rings (SSSR count). The van der Waals surface area contributed by atoms with E-state index in [0.29, 0.717) is 30.7 Å². The number of nitrogens with one attached hydrogen (secondary N) is 3. The summed E-state index contributed by atoms with van der Waals surface area (Å²) in [6, 6.07) is 14.5. The lowest BCUT2D eigenvalue weighted by atomic mass is 10.1. The summed E-state index contributed by atoms with van der Waals surface area (Å²) in [6.45, 7) is 2.12. The average Bonchev–Trinajstić information content (AvgIpc) is 2.90. The fourth-order valence-electron chi connectivity index (χ4n) is 3.82. The number of rotatable bonds is 13. The number of carbonyl (C=O) groups is 4. The lowest BCUT2D eigenvalue weighted by Gasteiger charge is -2.19. The van der Waals surface area contributed by atoms with Gasteiger partial charge >= 0.3 is 17.7 Å². The molecule has 3 aromatic rings. The number of alkyl carbamates (subject to hydrolysis) is 1. The van der Waals surface area contributed by atoms with E-state index in [0.717, 1.165) is 16.5 Å².